The molecule has 0 aromatic heterocycles. The van der Waals surface area contributed by atoms with Crippen LogP contribution in [0.25, 0.3) is 0 Å². The van der Waals surface area contributed by atoms with Crippen LogP contribution in [-0.2, 0) is 9.59 Å². The van der Waals surface area contributed by atoms with Crippen molar-refractivity contribution < 1.29 is 32.3 Å². The number of carboxylic acid groups (broad SMARTS) is 1. The van der Waals surface area contributed by atoms with Crippen LogP contribution in [0.5, 0.6) is 0 Å². The Kier molecular flexibility index (Phi) is 3.84. The molecule has 1 atom stereocenters. The molecule has 0 aromatic rings. The van der Waals surface area contributed by atoms with Gasteiger partial charge < -0.3 is 15.3 Å². The van der Waals surface area contributed by atoms with E-state index in [0.717, 1.165) is 0 Å². The lowest BCUT2D eigenvalue weighted by molar-refractivity contribution is -0.172. The second kappa shape index (κ2) is 4.71. The third-order valence-corrected chi connectivity index (χ3v) is 2.65. The lowest BCUT2D eigenvalue weighted by Gasteiger charge is -2.21. The molecule has 1 saturated heterocycles. The van der Waals surface area contributed by atoms with E-state index >= 15 is 0 Å². The summed E-state index contributed by atoms with van der Waals surface area (Å²) in [7, 11) is 1.25. The smallest absolute Gasteiger partial charge is 0.329 e. The zero-order valence-electron chi connectivity index (χ0n) is 9.42. The van der Waals surface area contributed by atoms with E-state index in [9.17, 15) is 27.2 Å². The van der Waals surface area contributed by atoms with Gasteiger partial charge in [0, 0.05) is 0 Å². The normalized spacial score (nSPS) is 22.8. The van der Waals surface area contributed by atoms with Gasteiger partial charge in [0.05, 0.1) is 25.6 Å². The lowest BCUT2D eigenvalue weighted by atomic mass is 10.2. The van der Waals surface area contributed by atoms with Gasteiger partial charge in [-0.3, -0.25) is 9.59 Å². The summed E-state index contributed by atoms with van der Waals surface area (Å²) in [6.07, 6.45) is -0.664. The number of likely N-dealkylation sites (tertiary alicyclic amines) is 1. The van der Waals surface area contributed by atoms with Gasteiger partial charge in [-0.05, 0) is 7.05 Å². The molecule has 5 nitrogen and oxygen atoms in total. The molecule has 104 valence electrons. The van der Waals surface area contributed by atoms with E-state index in [1.165, 1.54) is 7.05 Å². The van der Waals surface area contributed by atoms with Crippen LogP contribution in [0.4, 0.5) is 17.6 Å². The number of amides is 1. The summed E-state index contributed by atoms with van der Waals surface area (Å²) in [6.45, 7) is -2.81. The molecule has 0 aliphatic carbocycles. The van der Waals surface area contributed by atoms with E-state index in [0.29, 0.717) is 0 Å². The first-order chi connectivity index (χ1) is 8.10. The molecule has 1 rings (SSSR count). The van der Waals surface area contributed by atoms with Crippen molar-refractivity contribution in [2.24, 2.45) is 0 Å². The van der Waals surface area contributed by atoms with Gasteiger partial charge in [-0.2, -0.15) is 17.6 Å². The van der Waals surface area contributed by atoms with Gasteiger partial charge in [-0.15, -0.1) is 0 Å². The highest BCUT2D eigenvalue weighted by Gasteiger charge is 2.64. The van der Waals surface area contributed by atoms with Crippen molar-refractivity contribution in [3.05, 3.63) is 0 Å². The highest BCUT2D eigenvalue weighted by Crippen LogP contribution is 2.41. The number of aliphatic carboxylic acids is 1. The molecule has 9 heteroatoms. The Hall–Kier alpha value is -1.38. The Morgan fingerprint density at radius 1 is 1.28 bits per heavy atom. The maximum Gasteiger partial charge on any atom is 0.329 e. The van der Waals surface area contributed by atoms with Crippen molar-refractivity contribution in [1.29, 1.82) is 0 Å². The summed E-state index contributed by atoms with van der Waals surface area (Å²) in [5, 5.41) is 10.8. The SMILES string of the molecule is CN[C@@H](CC(=O)O)C(=O)N1CC(F)(F)C(F)(F)C1. The van der Waals surface area contributed by atoms with E-state index in [-0.39, 0.29) is 4.90 Å². The molecule has 18 heavy (non-hydrogen) atoms. The van der Waals surface area contributed by atoms with E-state index in [1.54, 1.807) is 0 Å². The zero-order chi connectivity index (χ0) is 14.1. The van der Waals surface area contributed by atoms with Crippen molar-refractivity contribution in [2.75, 3.05) is 20.1 Å². The van der Waals surface area contributed by atoms with Gasteiger partial charge in [0.25, 0.3) is 0 Å². The number of hydrogen-bond donors (Lipinski definition) is 2. The quantitative estimate of drug-likeness (QED) is 0.715. The van der Waals surface area contributed by atoms with Crippen LogP contribution >= 0.6 is 0 Å². The summed E-state index contributed by atoms with van der Waals surface area (Å²) < 4.78 is 51.5. The van der Waals surface area contributed by atoms with Crippen molar-refractivity contribution >= 4 is 11.9 Å². The van der Waals surface area contributed by atoms with Crippen LogP contribution in [0.2, 0.25) is 0 Å². The lowest BCUT2D eigenvalue weighted by Crippen LogP contribution is -2.46. The standard InChI is InChI=1S/C9H12F4N2O3/c1-14-5(2-6(16)17)7(18)15-3-8(10,11)9(12,13)4-15/h5,14H,2-4H2,1H3,(H,16,17)/t5-/m0/s1. The molecule has 0 saturated carbocycles. The first-order valence-corrected chi connectivity index (χ1v) is 5.04. The summed E-state index contributed by atoms with van der Waals surface area (Å²) in [5.41, 5.74) is 0. The highest BCUT2D eigenvalue weighted by atomic mass is 19.3. The predicted molar refractivity (Wildman–Crippen MR) is 51.6 cm³/mol. The second-order valence-electron chi connectivity index (χ2n) is 4.04. The van der Waals surface area contributed by atoms with Gasteiger partial charge in [0.1, 0.15) is 0 Å². The zero-order valence-corrected chi connectivity index (χ0v) is 9.42. The molecule has 1 aliphatic rings. The van der Waals surface area contributed by atoms with Gasteiger partial charge in [-0.25, -0.2) is 0 Å². The third kappa shape index (κ3) is 2.71. The monoisotopic (exact) mass is 272 g/mol. The van der Waals surface area contributed by atoms with E-state index < -0.39 is 49.3 Å². The second-order valence-corrected chi connectivity index (χ2v) is 4.04. The molecular weight excluding hydrogens is 260 g/mol. The van der Waals surface area contributed by atoms with Gasteiger partial charge in [0.2, 0.25) is 5.91 Å². The highest BCUT2D eigenvalue weighted by molar-refractivity contribution is 5.86. The third-order valence-electron chi connectivity index (χ3n) is 2.65. The van der Waals surface area contributed by atoms with E-state index in [2.05, 4.69) is 5.32 Å². The molecule has 1 amide bonds. The van der Waals surface area contributed by atoms with E-state index in [4.69, 9.17) is 5.11 Å². The summed E-state index contributed by atoms with van der Waals surface area (Å²) >= 11 is 0. The Morgan fingerprint density at radius 2 is 1.72 bits per heavy atom. The number of hydrogen-bond acceptors (Lipinski definition) is 3. The van der Waals surface area contributed by atoms with Crippen LogP contribution in [0.3, 0.4) is 0 Å². The number of likely N-dealkylation sites (N-methyl/N-ethyl adjacent to an activating group) is 1. The Labute approximate surface area is 99.7 Å². The van der Waals surface area contributed by atoms with Crippen LogP contribution in [0.1, 0.15) is 6.42 Å². The minimum atomic E-state index is -4.29. The predicted octanol–water partition coefficient (Wildman–Crippen LogP) is 0.162. The van der Waals surface area contributed by atoms with Crippen molar-refractivity contribution in [1.82, 2.24) is 10.2 Å². The fraction of sp³-hybridized carbons (Fsp3) is 0.778. The van der Waals surface area contributed by atoms with Crippen LogP contribution in [-0.4, -0.2) is 59.9 Å². The first-order valence-electron chi connectivity index (χ1n) is 5.04. The number of nitrogens with zero attached hydrogens (tertiary/aromatic N) is 1. The fourth-order valence-corrected chi connectivity index (χ4v) is 1.63. The number of nitrogens with one attached hydrogen (secondary N) is 1. The average molecular weight is 272 g/mol. The van der Waals surface area contributed by atoms with Gasteiger partial charge in [-0.1, -0.05) is 0 Å². The number of carbonyl (C=O) groups is 2. The van der Waals surface area contributed by atoms with Gasteiger partial charge >= 0.3 is 17.8 Å². The molecule has 1 aliphatic heterocycles. The summed E-state index contributed by atoms with van der Waals surface area (Å²) in [4.78, 5) is 22.3. The van der Waals surface area contributed by atoms with E-state index in [1.807, 2.05) is 0 Å². The molecular formula is C9H12F4N2O3. The van der Waals surface area contributed by atoms with Crippen molar-refractivity contribution in [3.8, 4) is 0 Å². The minimum Gasteiger partial charge on any atom is -0.481 e. The number of halogens is 4. The minimum absolute atomic E-state index is 0.282. The number of carbonyl (C=O) groups excluding carboxylic acids is 1. The number of alkyl halides is 4. The van der Waals surface area contributed by atoms with Crippen LogP contribution in [0.15, 0.2) is 0 Å². The molecule has 1 heterocycles. The van der Waals surface area contributed by atoms with Crippen molar-refractivity contribution in [3.63, 3.8) is 0 Å². The van der Waals surface area contributed by atoms with Gasteiger partial charge in [0.15, 0.2) is 0 Å². The maximum absolute atomic E-state index is 12.9. The number of rotatable bonds is 4. The number of carboxylic acids is 1. The maximum atomic E-state index is 12.9. The van der Waals surface area contributed by atoms with Crippen LogP contribution in [0, 0.1) is 0 Å². The van der Waals surface area contributed by atoms with Crippen molar-refractivity contribution in [2.45, 2.75) is 24.3 Å². The largest absolute Gasteiger partial charge is 0.481 e. The fourth-order valence-electron chi connectivity index (χ4n) is 1.63. The molecule has 2 N–H and O–H groups in total. The molecule has 1 fully saturated rings. The summed E-state index contributed by atoms with van der Waals surface area (Å²) in [5.74, 6) is -11.0. The molecule has 0 unspecified atom stereocenters. The first kappa shape index (κ1) is 14.7. The summed E-state index contributed by atoms with van der Waals surface area (Å²) in [6, 6.07) is -1.30. The molecule has 0 aromatic carbocycles. The Morgan fingerprint density at radius 3 is 2.06 bits per heavy atom. The Balaban J connectivity index is 2.78. The topological polar surface area (TPSA) is 69.6 Å². The molecule has 0 radical (unpaired) electrons. The molecule has 0 spiro atoms. The van der Waals surface area contributed by atoms with Crippen LogP contribution < -0.4 is 5.32 Å². The molecule has 0 bridgehead atoms. The Bertz CT molecular complexity index is 346. The average Bonchev–Trinajstić information content (AvgIpc) is 2.43.